The number of benzene rings is 2. The van der Waals surface area contributed by atoms with Gasteiger partial charge in [-0.05, 0) is 30.2 Å². The molecule has 2 aromatic carbocycles. The van der Waals surface area contributed by atoms with Crippen molar-refractivity contribution in [1.82, 2.24) is 4.90 Å². The number of halogens is 2. The van der Waals surface area contributed by atoms with Gasteiger partial charge in [-0.15, -0.1) is 0 Å². The molecular formula is C19H22Cl2N2O3S. The molecule has 0 radical (unpaired) electrons. The van der Waals surface area contributed by atoms with Crippen LogP contribution in [0.2, 0.25) is 10.0 Å². The highest BCUT2D eigenvalue weighted by Crippen LogP contribution is 2.33. The molecule has 8 heteroatoms. The normalized spacial score (nSPS) is 12.5. The summed E-state index contributed by atoms with van der Waals surface area (Å²) in [6.45, 7) is 2.13. The highest BCUT2D eigenvalue weighted by molar-refractivity contribution is 7.92. The van der Waals surface area contributed by atoms with Crippen LogP contribution in [-0.4, -0.2) is 38.6 Å². The Bertz CT molecular complexity index is 904. The topological polar surface area (TPSA) is 57.7 Å². The van der Waals surface area contributed by atoms with Crippen LogP contribution in [0.3, 0.4) is 0 Å². The van der Waals surface area contributed by atoms with E-state index in [1.807, 2.05) is 30.3 Å². The second kappa shape index (κ2) is 8.95. The molecule has 0 fully saturated rings. The molecule has 2 aromatic rings. The van der Waals surface area contributed by atoms with Gasteiger partial charge in [0.2, 0.25) is 15.9 Å². The van der Waals surface area contributed by atoms with Crippen LogP contribution in [0.4, 0.5) is 5.69 Å². The van der Waals surface area contributed by atoms with Gasteiger partial charge in [0.1, 0.15) is 6.04 Å². The van der Waals surface area contributed by atoms with Gasteiger partial charge < -0.3 is 4.90 Å². The molecule has 0 N–H and O–H groups in total. The summed E-state index contributed by atoms with van der Waals surface area (Å²) < 4.78 is 26.1. The maximum atomic E-state index is 13.1. The summed E-state index contributed by atoms with van der Waals surface area (Å²) in [5.41, 5.74) is 1.15. The first-order valence-corrected chi connectivity index (χ1v) is 11.0. The fraction of sp³-hybridized carbons (Fsp3) is 0.316. The van der Waals surface area contributed by atoms with Crippen LogP contribution >= 0.6 is 23.2 Å². The molecule has 2 rings (SSSR count). The quantitative estimate of drug-likeness (QED) is 0.663. The van der Waals surface area contributed by atoms with Crippen molar-refractivity contribution in [3.8, 4) is 0 Å². The highest BCUT2D eigenvalue weighted by atomic mass is 35.5. The van der Waals surface area contributed by atoms with Crippen LogP contribution in [0.1, 0.15) is 18.9 Å². The first-order chi connectivity index (χ1) is 12.6. The van der Waals surface area contributed by atoms with E-state index in [0.717, 1.165) is 16.1 Å². The van der Waals surface area contributed by atoms with Crippen LogP contribution in [0.25, 0.3) is 0 Å². The van der Waals surface area contributed by atoms with Crippen LogP contribution in [0.5, 0.6) is 0 Å². The van der Waals surface area contributed by atoms with Gasteiger partial charge in [0.25, 0.3) is 0 Å². The van der Waals surface area contributed by atoms with Crippen molar-refractivity contribution >= 4 is 44.8 Å². The van der Waals surface area contributed by atoms with E-state index in [0.29, 0.717) is 11.6 Å². The van der Waals surface area contributed by atoms with E-state index in [9.17, 15) is 13.2 Å². The van der Waals surface area contributed by atoms with Crippen LogP contribution in [-0.2, 0) is 21.4 Å². The summed E-state index contributed by atoms with van der Waals surface area (Å²) in [6.07, 6.45) is 1.34. The number of anilines is 1. The Morgan fingerprint density at radius 1 is 1.11 bits per heavy atom. The van der Waals surface area contributed by atoms with Crippen molar-refractivity contribution in [2.24, 2.45) is 0 Å². The summed E-state index contributed by atoms with van der Waals surface area (Å²) >= 11 is 12.3. The van der Waals surface area contributed by atoms with E-state index in [2.05, 4.69) is 0 Å². The highest BCUT2D eigenvalue weighted by Gasteiger charge is 2.34. The van der Waals surface area contributed by atoms with Crippen molar-refractivity contribution in [3.05, 3.63) is 64.1 Å². The molecule has 0 heterocycles. The van der Waals surface area contributed by atoms with E-state index in [4.69, 9.17) is 23.2 Å². The van der Waals surface area contributed by atoms with E-state index in [1.54, 1.807) is 20.0 Å². The Balaban J connectivity index is 2.40. The average Bonchev–Trinajstić information content (AvgIpc) is 2.61. The molecule has 27 heavy (non-hydrogen) atoms. The van der Waals surface area contributed by atoms with Gasteiger partial charge >= 0.3 is 0 Å². The maximum Gasteiger partial charge on any atom is 0.246 e. The summed E-state index contributed by atoms with van der Waals surface area (Å²) in [4.78, 5) is 14.6. The first kappa shape index (κ1) is 21.5. The number of hydrogen-bond donors (Lipinski definition) is 0. The Labute approximate surface area is 170 Å². The molecule has 1 atom stereocenters. The number of nitrogens with zero attached hydrogens (tertiary/aromatic N) is 2. The zero-order valence-corrected chi connectivity index (χ0v) is 17.7. The molecule has 0 saturated carbocycles. The van der Waals surface area contributed by atoms with Crippen LogP contribution in [0.15, 0.2) is 48.5 Å². The molecule has 0 spiro atoms. The lowest BCUT2D eigenvalue weighted by Gasteiger charge is -2.33. The van der Waals surface area contributed by atoms with Crippen molar-refractivity contribution in [2.75, 3.05) is 17.6 Å². The molecule has 1 unspecified atom stereocenters. The van der Waals surface area contributed by atoms with Gasteiger partial charge in [-0.1, -0.05) is 60.5 Å². The Hall–Kier alpha value is -1.76. The summed E-state index contributed by atoms with van der Waals surface area (Å²) in [7, 11) is -2.13. The number of hydrogen-bond acceptors (Lipinski definition) is 3. The van der Waals surface area contributed by atoms with E-state index in [-0.39, 0.29) is 23.0 Å². The van der Waals surface area contributed by atoms with Crippen molar-refractivity contribution < 1.29 is 13.2 Å². The number of rotatable bonds is 7. The third-order valence-corrected chi connectivity index (χ3v) is 5.82. The largest absolute Gasteiger partial charge is 0.340 e. The summed E-state index contributed by atoms with van der Waals surface area (Å²) in [5.74, 6) is -0.317. The molecule has 0 aliphatic rings. The smallest absolute Gasteiger partial charge is 0.246 e. The summed E-state index contributed by atoms with van der Waals surface area (Å²) in [5, 5.41) is 0.546. The standard InChI is InChI=1S/C19H22Cl2N2O3S/c1-4-17(19(24)22(2)13-14-8-6-5-7-9-14)23(27(3,25)26)18-12-15(20)10-11-16(18)21/h5-12,17H,4,13H2,1-3H3. The fourth-order valence-electron chi connectivity index (χ4n) is 2.86. The van der Waals surface area contributed by atoms with E-state index >= 15 is 0 Å². The molecule has 0 aromatic heterocycles. The van der Waals surface area contributed by atoms with Gasteiger partial charge in [0.15, 0.2) is 0 Å². The van der Waals surface area contributed by atoms with E-state index < -0.39 is 16.1 Å². The minimum atomic E-state index is -3.78. The predicted molar refractivity (Wildman–Crippen MR) is 111 cm³/mol. The SMILES string of the molecule is CCC(C(=O)N(C)Cc1ccccc1)N(c1cc(Cl)ccc1Cl)S(C)(=O)=O. The molecule has 0 bridgehead atoms. The third kappa shape index (κ3) is 5.37. The Kier molecular flexibility index (Phi) is 7.14. The number of carbonyl (C=O) groups is 1. The molecule has 0 aliphatic heterocycles. The van der Waals surface area contributed by atoms with Crippen molar-refractivity contribution in [2.45, 2.75) is 25.9 Å². The number of likely N-dealkylation sites (N-methyl/N-ethyl adjacent to an activating group) is 1. The van der Waals surface area contributed by atoms with Crippen molar-refractivity contribution in [3.63, 3.8) is 0 Å². The third-order valence-electron chi connectivity index (χ3n) is 4.10. The lowest BCUT2D eigenvalue weighted by molar-refractivity contribution is -0.131. The molecule has 5 nitrogen and oxygen atoms in total. The predicted octanol–water partition coefficient (Wildman–Crippen LogP) is 4.20. The maximum absolute atomic E-state index is 13.1. The number of sulfonamides is 1. The zero-order valence-electron chi connectivity index (χ0n) is 15.4. The Morgan fingerprint density at radius 2 is 1.74 bits per heavy atom. The van der Waals surface area contributed by atoms with Gasteiger partial charge in [-0.3, -0.25) is 9.10 Å². The van der Waals surface area contributed by atoms with Crippen LogP contribution < -0.4 is 4.31 Å². The van der Waals surface area contributed by atoms with Gasteiger partial charge in [0, 0.05) is 18.6 Å². The second-order valence-electron chi connectivity index (χ2n) is 6.26. The van der Waals surface area contributed by atoms with Gasteiger partial charge in [-0.2, -0.15) is 0 Å². The van der Waals surface area contributed by atoms with Gasteiger partial charge in [-0.25, -0.2) is 8.42 Å². The van der Waals surface area contributed by atoms with Gasteiger partial charge in [0.05, 0.1) is 17.0 Å². The van der Waals surface area contributed by atoms with E-state index in [1.165, 1.54) is 17.0 Å². The molecule has 0 saturated heterocycles. The minimum Gasteiger partial charge on any atom is -0.340 e. The zero-order chi connectivity index (χ0) is 20.2. The number of amides is 1. The first-order valence-electron chi connectivity index (χ1n) is 8.38. The minimum absolute atomic E-state index is 0.194. The Morgan fingerprint density at radius 3 is 2.30 bits per heavy atom. The average molecular weight is 429 g/mol. The van der Waals surface area contributed by atoms with Crippen LogP contribution in [0, 0.1) is 0 Å². The molecular weight excluding hydrogens is 407 g/mol. The monoisotopic (exact) mass is 428 g/mol. The lowest BCUT2D eigenvalue weighted by atomic mass is 10.1. The fourth-order valence-corrected chi connectivity index (χ4v) is 4.50. The molecule has 1 amide bonds. The summed E-state index contributed by atoms with van der Waals surface area (Å²) in [6, 6.07) is 13.1. The molecule has 0 aliphatic carbocycles. The lowest BCUT2D eigenvalue weighted by Crippen LogP contribution is -2.49. The second-order valence-corrected chi connectivity index (χ2v) is 8.96. The van der Waals surface area contributed by atoms with Crippen molar-refractivity contribution in [1.29, 1.82) is 0 Å². The number of carbonyl (C=O) groups excluding carboxylic acids is 1. The molecule has 146 valence electrons.